The zero-order valence-corrected chi connectivity index (χ0v) is 16.7. The van der Waals surface area contributed by atoms with Crippen molar-refractivity contribution in [3.63, 3.8) is 0 Å². The molecular formula is C20H19Cl2N3O2. The molecule has 1 aromatic heterocycles. The quantitative estimate of drug-likeness (QED) is 0.643. The first-order valence-corrected chi connectivity index (χ1v) is 9.08. The lowest BCUT2D eigenvalue weighted by Crippen LogP contribution is -2.14. The Bertz CT molecular complexity index is 999. The molecule has 0 bridgehead atoms. The predicted octanol–water partition coefficient (Wildman–Crippen LogP) is 5.12. The Balaban J connectivity index is 1.85. The number of halogens is 2. The van der Waals surface area contributed by atoms with E-state index in [0.717, 1.165) is 17.0 Å². The Kier molecular flexibility index (Phi) is 5.73. The molecule has 0 aliphatic rings. The first-order valence-electron chi connectivity index (χ1n) is 8.33. The summed E-state index contributed by atoms with van der Waals surface area (Å²) in [6, 6.07) is 12.6. The number of carbonyl (C=O) groups excluding carboxylic acids is 1. The van der Waals surface area contributed by atoms with Gasteiger partial charge in [-0.3, -0.25) is 9.48 Å². The second kappa shape index (κ2) is 8.03. The molecule has 27 heavy (non-hydrogen) atoms. The topological polar surface area (TPSA) is 56.1 Å². The molecule has 0 saturated carbocycles. The van der Waals surface area contributed by atoms with Crippen molar-refractivity contribution in [1.82, 2.24) is 9.78 Å². The molecule has 0 spiro atoms. The number of hydrogen-bond acceptors (Lipinski definition) is 3. The molecule has 1 heterocycles. The third kappa shape index (κ3) is 4.10. The van der Waals surface area contributed by atoms with Gasteiger partial charge in [-0.2, -0.15) is 5.10 Å². The lowest BCUT2D eigenvalue weighted by Gasteiger charge is -2.10. The summed E-state index contributed by atoms with van der Waals surface area (Å²) >= 11 is 12.1. The molecule has 1 amide bonds. The highest BCUT2D eigenvalue weighted by molar-refractivity contribution is 6.42. The van der Waals surface area contributed by atoms with Crippen molar-refractivity contribution >= 4 is 34.8 Å². The summed E-state index contributed by atoms with van der Waals surface area (Å²) in [6.45, 7) is 4.29. The van der Waals surface area contributed by atoms with Gasteiger partial charge < -0.3 is 10.1 Å². The lowest BCUT2D eigenvalue weighted by molar-refractivity contribution is 0.102. The average molecular weight is 404 g/mol. The number of carbonyl (C=O) groups is 1. The van der Waals surface area contributed by atoms with Crippen molar-refractivity contribution < 1.29 is 9.53 Å². The van der Waals surface area contributed by atoms with Gasteiger partial charge in [0.15, 0.2) is 0 Å². The van der Waals surface area contributed by atoms with E-state index in [9.17, 15) is 4.79 Å². The third-order valence-corrected chi connectivity index (χ3v) is 5.03. The van der Waals surface area contributed by atoms with Crippen LogP contribution in [0.25, 0.3) is 0 Å². The molecule has 0 saturated heterocycles. The van der Waals surface area contributed by atoms with Gasteiger partial charge in [0.2, 0.25) is 0 Å². The molecule has 0 radical (unpaired) electrons. The van der Waals surface area contributed by atoms with Crippen molar-refractivity contribution in [2.24, 2.45) is 0 Å². The van der Waals surface area contributed by atoms with Gasteiger partial charge in [0, 0.05) is 0 Å². The van der Waals surface area contributed by atoms with Crippen molar-refractivity contribution in [2.45, 2.75) is 20.4 Å². The smallest absolute Gasteiger partial charge is 0.259 e. The highest BCUT2D eigenvalue weighted by Crippen LogP contribution is 2.26. The summed E-state index contributed by atoms with van der Waals surface area (Å²) in [5.41, 5.74) is 3.71. The van der Waals surface area contributed by atoms with Crippen LogP contribution in [-0.4, -0.2) is 22.8 Å². The minimum absolute atomic E-state index is 0.243. The van der Waals surface area contributed by atoms with Gasteiger partial charge in [-0.15, -0.1) is 0 Å². The fourth-order valence-corrected chi connectivity index (χ4v) is 3.18. The van der Waals surface area contributed by atoms with E-state index in [1.54, 1.807) is 24.3 Å². The van der Waals surface area contributed by atoms with Gasteiger partial charge >= 0.3 is 0 Å². The number of aryl methyl sites for hydroxylation is 1. The van der Waals surface area contributed by atoms with E-state index in [1.165, 1.54) is 7.11 Å². The standard InChI is InChI=1S/C20H19Cl2N3O2/c1-12-19(23-20(26)15-6-4-5-7-18(15)27-3)13(2)25(24-12)11-14-8-9-16(21)17(22)10-14/h4-10H,11H2,1-3H3,(H,23,26). The summed E-state index contributed by atoms with van der Waals surface area (Å²) in [5.74, 6) is 0.279. The van der Waals surface area contributed by atoms with Crippen LogP contribution >= 0.6 is 23.2 Å². The van der Waals surface area contributed by atoms with E-state index in [-0.39, 0.29) is 5.91 Å². The highest BCUT2D eigenvalue weighted by atomic mass is 35.5. The van der Waals surface area contributed by atoms with Crippen LogP contribution < -0.4 is 10.1 Å². The molecule has 0 unspecified atom stereocenters. The van der Waals surface area contributed by atoms with Crippen LogP contribution in [-0.2, 0) is 6.54 Å². The first kappa shape index (κ1) is 19.3. The Morgan fingerprint density at radius 2 is 1.89 bits per heavy atom. The van der Waals surface area contributed by atoms with Gasteiger partial charge in [0.25, 0.3) is 5.91 Å². The number of nitrogens with one attached hydrogen (secondary N) is 1. The zero-order valence-electron chi connectivity index (χ0n) is 15.2. The number of benzene rings is 2. The van der Waals surface area contributed by atoms with E-state index in [2.05, 4.69) is 10.4 Å². The molecule has 7 heteroatoms. The van der Waals surface area contributed by atoms with Gasteiger partial charge in [-0.05, 0) is 43.7 Å². The number of methoxy groups -OCH3 is 1. The minimum atomic E-state index is -0.243. The summed E-state index contributed by atoms with van der Waals surface area (Å²) in [6.07, 6.45) is 0. The molecule has 140 valence electrons. The Hall–Kier alpha value is -2.50. The maximum absolute atomic E-state index is 12.7. The second-order valence-electron chi connectivity index (χ2n) is 6.11. The summed E-state index contributed by atoms with van der Waals surface area (Å²) in [7, 11) is 1.54. The largest absolute Gasteiger partial charge is 0.496 e. The lowest BCUT2D eigenvalue weighted by atomic mass is 10.1. The van der Waals surface area contributed by atoms with Gasteiger partial charge in [0.05, 0.1) is 46.3 Å². The van der Waals surface area contributed by atoms with E-state index >= 15 is 0 Å². The van der Waals surface area contributed by atoms with E-state index < -0.39 is 0 Å². The van der Waals surface area contributed by atoms with Crippen LogP contribution in [0.5, 0.6) is 5.75 Å². The number of rotatable bonds is 5. The van der Waals surface area contributed by atoms with E-state index in [1.807, 2.05) is 36.7 Å². The molecule has 0 aliphatic carbocycles. The Morgan fingerprint density at radius 3 is 2.59 bits per heavy atom. The van der Waals surface area contributed by atoms with Crippen LogP contribution in [0.3, 0.4) is 0 Å². The average Bonchev–Trinajstić information content (AvgIpc) is 2.92. The van der Waals surface area contributed by atoms with Gasteiger partial charge in [-0.25, -0.2) is 0 Å². The Labute approximate surface area is 167 Å². The second-order valence-corrected chi connectivity index (χ2v) is 6.92. The van der Waals surface area contributed by atoms with Crippen LogP contribution in [0.4, 0.5) is 5.69 Å². The van der Waals surface area contributed by atoms with E-state index in [4.69, 9.17) is 27.9 Å². The molecule has 0 aliphatic heterocycles. The van der Waals surface area contributed by atoms with Crippen molar-refractivity contribution in [2.75, 3.05) is 12.4 Å². The molecule has 3 aromatic rings. The molecule has 1 N–H and O–H groups in total. The summed E-state index contributed by atoms with van der Waals surface area (Å²) in [5, 5.41) is 8.50. The molecule has 0 atom stereocenters. The predicted molar refractivity (Wildman–Crippen MR) is 108 cm³/mol. The monoisotopic (exact) mass is 403 g/mol. The summed E-state index contributed by atoms with van der Waals surface area (Å²) in [4.78, 5) is 12.7. The van der Waals surface area contributed by atoms with E-state index in [0.29, 0.717) is 33.6 Å². The number of anilines is 1. The van der Waals surface area contributed by atoms with Crippen molar-refractivity contribution in [3.8, 4) is 5.75 Å². The minimum Gasteiger partial charge on any atom is -0.496 e. The molecular weight excluding hydrogens is 385 g/mol. The van der Waals surface area contributed by atoms with Crippen LogP contribution in [0.2, 0.25) is 10.0 Å². The summed E-state index contributed by atoms with van der Waals surface area (Å²) < 4.78 is 7.09. The van der Waals surface area contributed by atoms with Crippen molar-refractivity contribution in [3.05, 3.63) is 75.0 Å². The van der Waals surface area contributed by atoms with Crippen LogP contribution in [0.1, 0.15) is 27.3 Å². The first-order chi connectivity index (χ1) is 12.9. The zero-order chi connectivity index (χ0) is 19.6. The number of hydrogen-bond donors (Lipinski definition) is 1. The molecule has 3 rings (SSSR count). The normalized spacial score (nSPS) is 10.7. The van der Waals surface area contributed by atoms with Gasteiger partial charge in [0.1, 0.15) is 5.75 Å². The maximum atomic E-state index is 12.7. The fraction of sp³-hybridized carbons (Fsp3) is 0.200. The number of ether oxygens (including phenoxy) is 1. The number of para-hydroxylation sites is 1. The van der Waals surface area contributed by atoms with Crippen LogP contribution in [0, 0.1) is 13.8 Å². The highest BCUT2D eigenvalue weighted by Gasteiger charge is 2.18. The SMILES string of the molecule is COc1ccccc1C(=O)Nc1c(C)nn(Cc2ccc(Cl)c(Cl)c2)c1C. The van der Waals surface area contributed by atoms with Crippen LogP contribution in [0.15, 0.2) is 42.5 Å². The third-order valence-electron chi connectivity index (χ3n) is 4.29. The molecule has 0 fully saturated rings. The van der Waals surface area contributed by atoms with Crippen molar-refractivity contribution in [1.29, 1.82) is 0 Å². The number of amides is 1. The molecule has 5 nitrogen and oxygen atoms in total. The Morgan fingerprint density at radius 1 is 1.15 bits per heavy atom. The van der Waals surface area contributed by atoms with Gasteiger partial charge in [-0.1, -0.05) is 41.4 Å². The maximum Gasteiger partial charge on any atom is 0.259 e. The number of nitrogens with zero attached hydrogens (tertiary/aromatic N) is 2. The number of aromatic nitrogens is 2. The fourth-order valence-electron chi connectivity index (χ4n) is 2.86. The molecule has 2 aromatic carbocycles.